The van der Waals surface area contributed by atoms with Crippen molar-refractivity contribution in [2.24, 2.45) is 0 Å². The molecule has 1 saturated heterocycles. The highest BCUT2D eigenvalue weighted by Gasteiger charge is 2.23. The molecule has 1 unspecified atom stereocenters. The van der Waals surface area contributed by atoms with Gasteiger partial charge in [-0.3, -0.25) is 9.69 Å². The van der Waals surface area contributed by atoms with E-state index in [0.717, 1.165) is 32.0 Å². The second kappa shape index (κ2) is 12.1. The molecule has 5 nitrogen and oxygen atoms in total. The molecule has 1 aliphatic rings. The number of morpholine rings is 1. The standard InChI is InChI=1S/C18H23N3O2S.2ClH/c22-18(14-19-15-5-2-1-3-6-15)20-13-16(17-7-4-12-24-17)21-8-10-23-11-9-21;;/h1-7,12,16,19H,8-11,13-14H2,(H,20,22);2*1H. The van der Waals surface area contributed by atoms with Crippen LogP contribution in [0.1, 0.15) is 10.9 Å². The van der Waals surface area contributed by atoms with E-state index >= 15 is 0 Å². The number of amides is 1. The summed E-state index contributed by atoms with van der Waals surface area (Å²) in [5.74, 6) is 0.00803. The zero-order valence-corrected chi connectivity index (χ0v) is 16.9. The van der Waals surface area contributed by atoms with E-state index in [4.69, 9.17) is 4.74 Å². The number of nitrogens with zero attached hydrogens (tertiary/aromatic N) is 1. The number of thiophene rings is 1. The zero-order valence-electron chi connectivity index (χ0n) is 14.4. The van der Waals surface area contributed by atoms with Crippen LogP contribution in [-0.2, 0) is 9.53 Å². The minimum atomic E-state index is 0. The van der Waals surface area contributed by atoms with Gasteiger partial charge in [0.15, 0.2) is 0 Å². The molecule has 144 valence electrons. The fraction of sp³-hybridized carbons (Fsp3) is 0.389. The summed E-state index contributed by atoms with van der Waals surface area (Å²) >= 11 is 1.74. The number of ether oxygens (including phenoxy) is 1. The van der Waals surface area contributed by atoms with Gasteiger partial charge in [-0.2, -0.15) is 0 Å². The molecule has 1 aromatic carbocycles. The Morgan fingerprint density at radius 1 is 1.12 bits per heavy atom. The average Bonchev–Trinajstić information content (AvgIpc) is 3.16. The third-order valence-corrected chi connectivity index (χ3v) is 5.05. The zero-order chi connectivity index (χ0) is 16.6. The largest absolute Gasteiger partial charge is 0.379 e. The van der Waals surface area contributed by atoms with Crippen LogP contribution in [0, 0.1) is 0 Å². The van der Waals surface area contributed by atoms with Crippen LogP contribution in [0.3, 0.4) is 0 Å². The van der Waals surface area contributed by atoms with Crippen molar-refractivity contribution in [3.63, 3.8) is 0 Å². The highest BCUT2D eigenvalue weighted by atomic mass is 35.5. The van der Waals surface area contributed by atoms with Gasteiger partial charge >= 0.3 is 0 Å². The van der Waals surface area contributed by atoms with Gasteiger partial charge in [-0.15, -0.1) is 36.2 Å². The number of anilines is 1. The first-order valence-electron chi connectivity index (χ1n) is 8.24. The number of hydrogen-bond donors (Lipinski definition) is 2. The molecule has 0 spiro atoms. The van der Waals surface area contributed by atoms with Crippen molar-refractivity contribution in [3.8, 4) is 0 Å². The number of hydrogen-bond acceptors (Lipinski definition) is 5. The molecule has 1 fully saturated rings. The summed E-state index contributed by atoms with van der Waals surface area (Å²) in [6.07, 6.45) is 0. The second-order valence-corrected chi connectivity index (χ2v) is 6.68. The normalized spacial score (nSPS) is 15.2. The van der Waals surface area contributed by atoms with E-state index < -0.39 is 0 Å². The Morgan fingerprint density at radius 3 is 2.50 bits per heavy atom. The van der Waals surface area contributed by atoms with Crippen LogP contribution in [0.4, 0.5) is 5.69 Å². The van der Waals surface area contributed by atoms with Gasteiger partial charge in [0, 0.05) is 30.2 Å². The van der Waals surface area contributed by atoms with E-state index in [1.807, 2.05) is 30.3 Å². The van der Waals surface area contributed by atoms with Crippen molar-refractivity contribution < 1.29 is 9.53 Å². The first kappa shape index (κ1) is 22.7. The van der Waals surface area contributed by atoms with Crippen LogP contribution in [0.2, 0.25) is 0 Å². The minimum absolute atomic E-state index is 0. The number of para-hydroxylation sites is 1. The Balaban J connectivity index is 0.00000169. The predicted molar refractivity (Wildman–Crippen MR) is 112 cm³/mol. The maximum Gasteiger partial charge on any atom is 0.239 e. The van der Waals surface area contributed by atoms with Gasteiger partial charge in [0.25, 0.3) is 0 Å². The van der Waals surface area contributed by atoms with Crippen molar-refractivity contribution in [1.82, 2.24) is 10.2 Å². The lowest BCUT2D eigenvalue weighted by Crippen LogP contribution is -2.44. The van der Waals surface area contributed by atoms with Gasteiger partial charge in [-0.25, -0.2) is 0 Å². The van der Waals surface area contributed by atoms with Crippen molar-refractivity contribution in [2.45, 2.75) is 6.04 Å². The molecule has 1 aromatic heterocycles. The molecule has 0 radical (unpaired) electrons. The first-order chi connectivity index (χ1) is 11.8. The Bertz CT molecular complexity index is 623. The van der Waals surface area contributed by atoms with Gasteiger partial charge in [-0.05, 0) is 23.6 Å². The summed E-state index contributed by atoms with van der Waals surface area (Å²) in [4.78, 5) is 15.8. The van der Waals surface area contributed by atoms with Crippen LogP contribution in [0.15, 0.2) is 47.8 Å². The molecular weight excluding hydrogens is 393 g/mol. The molecule has 1 aliphatic heterocycles. The van der Waals surface area contributed by atoms with E-state index in [9.17, 15) is 4.79 Å². The van der Waals surface area contributed by atoms with Crippen molar-refractivity contribution in [2.75, 3.05) is 44.7 Å². The van der Waals surface area contributed by atoms with Gasteiger partial charge in [0.1, 0.15) is 0 Å². The monoisotopic (exact) mass is 417 g/mol. The van der Waals surface area contributed by atoms with Crippen LogP contribution >= 0.6 is 36.2 Å². The molecular formula is C18H25Cl2N3O2S. The SMILES string of the molecule is Cl.Cl.O=C(CNc1ccccc1)NCC(c1cccs1)N1CCOCC1. The van der Waals surface area contributed by atoms with Crippen molar-refractivity contribution in [3.05, 3.63) is 52.7 Å². The number of carbonyl (C=O) groups excluding carboxylic acids is 1. The van der Waals surface area contributed by atoms with Crippen LogP contribution in [-0.4, -0.2) is 50.2 Å². The molecule has 0 bridgehead atoms. The maximum atomic E-state index is 12.2. The van der Waals surface area contributed by atoms with E-state index in [2.05, 4.69) is 33.0 Å². The molecule has 1 atom stereocenters. The number of halogens is 2. The third kappa shape index (κ3) is 6.78. The molecule has 26 heavy (non-hydrogen) atoms. The van der Waals surface area contributed by atoms with E-state index in [1.54, 1.807) is 11.3 Å². The first-order valence-corrected chi connectivity index (χ1v) is 9.12. The summed E-state index contributed by atoms with van der Waals surface area (Å²) in [6, 6.07) is 14.2. The number of rotatable bonds is 7. The van der Waals surface area contributed by atoms with E-state index in [0.29, 0.717) is 6.54 Å². The van der Waals surface area contributed by atoms with Crippen LogP contribution < -0.4 is 10.6 Å². The van der Waals surface area contributed by atoms with Gasteiger partial charge in [-0.1, -0.05) is 24.3 Å². The summed E-state index contributed by atoms with van der Waals surface area (Å²) in [6.45, 7) is 4.22. The lowest BCUT2D eigenvalue weighted by atomic mass is 10.2. The summed E-state index contributed by atoms with van der Waals surface area (Å²) < 4.78 is 5.44. The van der Waals surface area contributed by atoms with Crippen molar-refractivity contribution >= 4 is 47.7 Å². The quantitative estimate of drug-likeness (QED) is 0.725. The summed E-state index contributed by atoms with van der Waals surface area (Å²) in [5.41, 5.74) is 0.954. The fourth-order valence-corrected chi connectivity index (χ4v) is 3.65. The molecule has 8 heteroatoms. The van der Waals surface area contributed by atoms with E-state index in [-0.39, 0.29) is 43.3 Å². The molecule has 2 N–H and O–H groups in total. The van der Waals surface area contributed by atoms with Gasteiger partial charge in [0.2, 0.25) is 5.91 Å². The second-order valence-electron chi connectivity index (χ2n) is 5.70. The van der Waals surface area contributed by atoms with Crippen LogP contribution in [0.25, 0.3) is 0 Å². The lowest BCUT2D eigenvalue weighted by Gasteiger charge is -2.34. The van der Waals surface area contributed by atoms with E-state index in [1.165, 1.54) is 4.88 Å². The Labute approximate surface area is 170 Å². The number of nitrogens with one attached hydrogen (secondary N) is 2. The summed E-state index contributed by atoms with van der Waals surface area (Å²) in [5, 5.41) is 8.29. The highest BCUT2D eigenvalue weighted by molar-refractivity contribution is 7.10. The molecule has 2 heterocycles. The molecule has 1 amide bonds. The minimum Gasteiger partial charge on any atom is -0.379 e. The van der Waals surface area contributed by atoms with Gasteiger partial charge < -0.3 is 15.4 Å². The highest BCUT2D eigenvalue weighted by Crippen LogP contribution is 2.25. The topological polar surface area (TPSA) is 53.6 Å². The van der Waals surface area contributed by atoms with Crippen LogP contribution in [0.5, 0.6) is 0 Å². The Kier molecular flexibility index (Phi) is 10.6. The smallest absolute Gasteiger partial charge is 0.239 e. The summed E-state index contributed by atoms with van der Waals surface area (Å²) in [7, 11) is 0. The van der Waals surface area contributed by atoms with Gasteiger partial charge in [0.05, 0.1) is 25.8 Å². The number of benzene rings is 1. The molecule has 2 aromatic rings. The lowest BCUT2D eigenvalue weighted by molar-refractivity contribution is -0.119. The molecule has 3 rings (SSSR count). The average molecular weight is 418 g/mol. The predicted octanol–water partition coefficient (Wildman–Crippen LogP) is 3.19. The van der Waals surface area contributed by atoms with Crippen molar-refractivity contribution in [1.29, 1.82) is 0 Å². The fourth-order valence-electron chi connectivity index (χ4n) is 2.79. The molecule has 0 aliphatic carbocycles. The Hall–Kier alpha value is -1.31. The maximum absolute atomic E-state index is 12.2. The Morgan fingerprint density at radius 2 is 1.85 bits per heavy atom. The number of carbonyl (C=O) groups is 1. The third-order valence-electron chi connectivity index (χ3n) is 4.08. The molecule has 0 saturated carbocycles.